The van der Waals surface area contributed by atoms with E-state index in [0.29, 0.717) is 17.0 Å². The Labute approximate surface area is 161 Å². The summed E-state index contributed by atoms with van der Waals surface area (Å²) >= 11 is -1.48. The second kappa shape index (κ2) is 8.42. The van der Waals surface area contributed by atoms with Gasteiger partial charge in [-0.1, -0.05) is 24.0 Å². The second-order valence-electron chi connectivity index (χ2n) is 8.83. The molecular formula is C19H32FNO3SSi. The van der Waals surface area contributed by atoms with Crippen molar-refractivity contribution in [2.75, 3.05) is 13.7 Å². The number of ether oxygens (including phenoxy) is 2. The van der Waals surface area contributed by atoms with E-state index in [2.05, 4.69) is 37.9 Å². The standard InChI is InChI=1S/C19H32FNO3SSi/c1-18(2,3)25(22)21-17(13-24-19(4,5)26(7,8)9)14-10-15(20)12-16(11-14)23-6/h10-12H,13H2,1-9H3/b21-17+/t25-/m1/s1. The molecular weight excluding hydrogens is 369 g/mol. The van der Waals surface area contributed by atoms with Crippen molar-refractivity contribution in [1.29, 1.82) is 0 Å². The number of benzene rings is 1. The highest BCUT2D eigenvalue weighted by atomic mass is 32.2. The second-order valence-corrected chi connectivity index (χ2v) is 16.4. The Bertz CT molecular complexity index is 651. The van der Waals surface area contributed by atoms with Crippen molar-refractivity contribution >= 4 is 25.1 Å². The van der Waals surface area contributed by atoms with Crippen molar-refractivity contribution in [2.45, 2.75) is 64.2 Å². The van der Waals surface area contributed by atoms with Crippen LogP contribution in [0.4, 0.5) is 4.39 Å². The molecule has 0 aliphatic heterocycles. The summed E-state index contributed by atoms with van der Waals surface area (Å²) in [5, 5.41) is -0.311. The third kappa shape index (κ3) is 6.37. The van der Waals surface area contributed by atoms with E-state index in [9.17, 15) is 8.94 Å². The third-order valence-electron chi connectivity index (χ3n) is 4.53. The summed E-state index contributed by atoms with van der Waals surface area (Å²) in [4.78, 5) is 0. The van der Waals surface area contributed by atoms with Crippen LogP contribution in [0.25, 0.3) is 0 Å². The van der Waals surface area contributed by atoms with Gasteiger partial charge in [0.2, 0.25) is 0 Å². The predicted molar refractivity (Wildman–Crippen MR) is 111 cm³/mol. The van der Waals surface area contributed by atoms with E-state index in [4.69, 9.17) is 9.47 Å². The van der Waals surface area contributed by atoms with Gasteiger partial charge in [0.05, 0.1) is 27.0 Å². The molecule has 0 bridgehead atoms. The smallest absolute Gasteiger partial charge is 0.144 e. The van der Waals surface area contributed by atoms with Gasteiger partial charge in [-0.25, -0.2) is 4.39 Å². The monoisotopic (exact) mass is 401 g/mol. The normalized spacial score (nSPS) is 15.1. The number of nitrogens with zero attached hydrogens (tertiary/aromatic N) is 1. The average Bonchev–Trinajstić information content (AvgIpc) is 2.48. The van der Waals surface area contributed by atoms with E-state index < -0.39 is 30.0 Å². The van der Waals surface area contributed by atoms with Gasteiger partial charge in [0.15, 0.2) is 0 Å². The molecule has 1 rings (SSSR count). The highest BCUT2D eigenvalue weighted by Gasteiger charge is 2.36. The fourth-order valence-electron chi connectivity index (χ4n) is 1.71. The maximum Gasteiger partial charge on any atom is 0.144 e. The average molecular weight is 402 g/mol. The van der Waals surface area contributed by atoms with Crippen LogP contribution in [0.15, 0.2) is 22.6 Å². The number of methoxy groups -OCH3 is 1. The molecule has 0 amide bonds. The molecule has 0 unspecified atom stereocenters. The molecule has 1 aromatic rings. The van der Waals surface area contributed by atoms with E-state index in [1.165, 1.54) is 19.2 Å². The zero-order valence-corrected chi connectivity index (χ0v) is 19.2. The largest absolute Gasteiger partial charge is 0.591 e. The van der Waals surface area contributed by atoms with Crippen molar-refractivity contribution < 1.29 is 18.4 Å². The lowest BCUT2D eigenvalue weighted by Gasteiger charge is -2.37. The molecule has 1 aromatic carbocycles. The quantitative estimate of drug-likeness (QED) is 0.376. The van der Waals surface area contributed by atoms with Gasteiger partial charge in [-0.2, -0.15) is 0 Å². The molecule has 0 radical (unpaired) electrons. The van der Waals surface area contributed by atoms with Crippen LogP contribution in [0.2, 0.25) is 19.6 Å². The molecule has 4 nitrogen and oxygen atoms in total. The molecule has 0 aliphatic rings. The van der Waals surface area contributed by atoms with Crippen molar-refractivity contribution in [3.63, 3.8) is 0 Å². The molecule has 0 saturated heterocycles. The van der Waals surface area contributed by atoms with E-state index in [0.717, 1.165) is 0 Å². The first-order valence-electron chi connectivity index (χ1n) is 8.66. The molecule has 26 heavy (non-hydrogen) atoms. The lowest BCUT2D eigenvalue weighted by atomic mass is 10.1. The van der Waals surface area contributed by atoms with Gasteiger partial charge < -0.3 is 14.0 Å². The predicted octanol–water partition coefficient (Wildman–Crippen LogP) is 4.76. The van der Waals surface area contributed by atoms with Crippen LogP contribution in [-0.2, 0) is 16.1 Å². The van der Waals surface area contributed by atoms with E-state index in [1.54, 1.807) is 6.07 Å². The van der Waals surface area contributed by atoms with Gasteiger partial charge in [-0.15, -0.1) is 0 Å². The fourth-order valence-corrected chi connectivity index (χ4v) is 2.85. The SMILES string of the molecule is COc1cc(F)cc(/C(COC(C)(C)[Si](C)(C)C)=N/[S@+]([O-])C(C)(C)C)c1. The van der Waals surface area contributed by atoms with Crippen molar-refractivity contribution in [3.05, 3.63) is 29.6 Å². The van der Waals surface area contributed by atoms with E-state index >= 15 is 0 Å². The van der Waals surface area contributed by atoms with Gasteiger partial charge in [0, 0.05) is 11.6 Å². The molecule has 0 heterocycles. The molecule has 148 valence electrons. The summed E-state index contributed by atoms with van der Waals surface area (Å²) in [6, 6.07) is 4.35. The summed E-state index contributed by atoms with van der Waals surface area (Å²) in [5.41, 5.74) is 0.980. The van der Waals surface area contributed by atoms with Gasteiger partial charge in [0.25, 0.3) is 0 Å². The number of hydrogen-bond donors (Lipinski definition) is 0. The first kappa shape index (κ1) is 23.1. The number of rotatable bonds is 7. The minimum absolute atomic E-state index is 0.158. The van der Waals surface area contributed by atoms with Crippen LogP contribution < -0.4 is 4.74 Å². The highest BCUT2D eigenvalue weighted by Crippen LogP contribution is 2.26. The maximum absolute atomic E-state index is 14.0. The van der Waals surface area contributed by atoms with Crippen LogP contribution in [-0.4, -0.2) is 42.0 Å². The Balaban J connectivity index is 3.28. The van der Waals surface area contributed by atoms with Gasteiger partial charge in [0.1, 0.15) is 33.4 Å². The molecule has 0 aliphatic carbocycles. The van der Waals surface area contributed by atoms with Gasteiger partial charge in [-0.3, -0.25) is 0 Å². The van der Waals surface area contributed by atoms with Crippen molar-refractivity contribution in [3.8, 4) is 5.75 Å². The fraction of sp³-hybridized carbons (Fsp3) is 0.632. The van der Waals surface area contributed by atoms with Crippen LogP contribution >= 0.6 is 0 Å². The van der Waals surface area contributed by atoms with Crippen molar-refractivity contribution in [1.82, 2.24) is 0 Å². The van der Waals surface area contributed by atoms with E-state index in [1.807, 2.05) is 20.8 Å². The topological polar surface area (TPSA) is 53.9 Å². The van der Waals surface area contributed by atoms with Gasteiger partial charge >= 0.3 is 0 Å². The van der Waals surface area contributed by atoms with Crippen molar-refractivity contribution in [2.24, 2.45) is 4.40 Å². The Morgan fingerprint density at radius 3 is 2.19 bits per heavy atom. The van der Waals surface area contributed by atoms with Crippen LogP contribution in [0, 0.1) is 5.82 Å². The number of hydrogen-bond acceptors (Lipinski definition) is 4. The molecule has 1 atom stereocenters. The highest BCUT2D eigenvalue weighted by molar-refractivity contribution is 7.91. The molecule has 0 spiro atoms. The third-order valence-corrected chi connectivity index (χ3v) is 9.72. The zero-order valence-electron chi connectivity index (χ0n) is 17.4. The Kier molecular flexibility index (Phi) is 7.49. The molecule has 7 heteroatoms. The van der Waals surface area contributed by atoms with Crippen LogP contribution in [0.1, 0.15) is 40.2 Å². The maximum atomic E-state index is 14.0. The Morgan fingerprint density at radius 2 is 1.73 bits per heavy atom. The lowest BCUT2D eigenvalue weighted by molar-refractivity contribution is 0.0649. The molecule has 0 N–H and O–H groups in total. The van der Waals surface area contributed by atoms with E-state index in [-0.39, 0.29) is 11.8 Å². The Hall–Kier alpha value is -0.893. The summed E-state index contributed by atoms with van der Waals surface area (Å²) < 4.78 is 41.7. The van der Waals surface area contributed by atoms with Gasteiger partial charge in [-0.05, 0) is 46.8 Å². The summed E-state index contributed by atoms with van der Waals surface area (Å²) in [5.74, 6) is -0.0447. The number of halogens is 1. The summed E-state index contributed by atoms with van der Waals surface area (Å²) in [6.07, 6.45) is 0. The molecule has 0 fully saturated rings. The molecule has 0 saturated carbocycles. The van der Waals surface area contributed by atoms with Crippen LogP contribution in [0.3, 0.4) is 0 Å². The first-order valence-corrected chi connectivity index (χ1v) is 13.3. The first-order chi connectivity index (χ1) is 11.7. The zero-order chi connectivity index (χ0) is 20.3. The molecule has 0 aromatic heterocycles. The Morgan fingerprint density at radius 1 is 1.15 bits per heavy atom. The lowest BCUT2D eigenvalue weighted by Crippen LogP contribution is -2.50. The minimum atomic E-state index is -1.61. The summed E-state index contributed by atoms with van der Waals surface area (Å²) in [6.45, 7) is 16.5. The minimum Gasteiger partial charge on any atom is -0.591 e. The van der Waals surface area contributed by atoms with Crippen LogP contribution in [0.5, 0.6) is 5.75 Å². The summed E-state index contributed by atoms with van der Waals surface area (Å²) in [7, 11) is -0.130.